The standard InChI is InChI=1S/C19H14ClN3OS/c1-11-17(12(2)23-10-22-11)15-4-3-14(9-16(15)20)24-19-18-13(5-7-21-19)6-8-25-18/h3-10H,1-2H3. The number of aromatic nitrogens is 3. The maximum atomic E-state index is 6.52. The first kappa shape index (κ1) is 16.0. The fourth-order valence-corrected chi connectivity index (χ4v) is 3.88. The van der Waals surface area contributed by atoms with Gasteiger partial charge in [-0.2, -0.15) is 0 Å². The summed E-state index contributed by atoms with van der Waals surface area (Å²) in [6.45, 7) is 3.90. The molecule has 6 heteroatoms. The number of thiophene rings is 1. The summed E-state index contributed by atoms with van der Waals surface area (Å²) in [5.41, 5.74) is 3.64. The Hall–Kier alpha value is -2.50. The van der Waals surface area contributed by atoms with Crippen LogP contribution in [0.15, 0.2) is 48.2 Å². The molecular weight excluding hydrogens is 354 g/mol. The topological polar surface area (TPSA) is 47.9 Å². The van der Waals surface area contributed by atoms with Gasteiger partial charge in [0.2, 0.25) is 5.88 Å². The van der Waals surface area contributed by atoms with E-state index >= 15 is 0 Å². The average Bonchev–Trinajstić information content (AvgIpc) is 3.06. The fourth-order valence-electron chi connectivity index (χ4n) is 2.80. The Morgan fingerprint density at radius 3 is 2.56 bits per heavy atom. The molecule has 0 saturated heterocycles. The second kappa shape index (κ2) is 6.43. The minimum absolute atomic E-state index is 0.590. The van der Waals surface area contributed by atoms with Crippen molar-refractivity contribution in [2.75, 3.05) is 0 Å². The third kappa shape index (κ3) is 2.97. The van der Waals surface area contributed by atoms with Gasteiger partial charge in [0.15, 0.2) is 0 Å². The molecule has 0 saturated carbocycles. The summed E-state index contributed by atoms with van der Waals surface area (Å²) >= 11 is 8.12. The SMILES string of the molecule is Cc1ncnc(C)c1-c1ccc(Oc2nccc3ccsc23)cc1Cl. The summed E-state index contributed by atoms with van der Waals surface area (Å²) in [5, 5.41) is 3.73. The van der Waals surface area contributed by atoms with E-state index < -0.39 is 0 Å². The van der Waals surface area contributed by atoms with Crippen LogP contribution in [0.1, 0.15) is 11.4 Å². The molecule has 0 bridgehead atoms. The van der Waals surface area contributed by atoms with E-state index in [-0.39, 0.29) is 0 Å². The van der Waals surface area contributed by atoms with Crippen molar-refractivity contribution < 1.29 is 4.74 Å². The van der Waals surface area contributed by atoms with Crippen molar-refractivity contribution >= 4 is 33.0 Å². The van der Waals surface area contributed by atoms with Gasteiger partial charge >= 0.3 is 0 Å². The first-order valence-corrected chi connectivity index (χ1v) is 8.97. The molecule has 4 rings (SSSR count). The summed E-state index contributed by atoms with van der Waals surface area (Å²) in [7, 11) is 0. The molecule has 0 spiro atoms. The van der Waals surface area contributed by atoms with Crippen LogP contribution >= 0.6 is 22.9 Å². The number of halogens is 1. The van der Waals surface area contributed by atoms with E-state index in [0.29, 0.717) is 16.7 Å². The molecule has 0 fully saturated rings. The van der Waals surface area contributed by atoms with E-state index in [4.69, 9.17) is 16.3 Å². The third-order valence-corrected chi connectivity index (χ3v) is 5.22. The van der Waals surface area contributed by atoms with Crippen LogP contribution in [0.2, 0.25) is 5.02 Å². The zero-order chi connectivity index (χ0) is 17.4. The normalized spacial score (nSPS) is 11.0. The Kier molecular flexibility index (Phi) is 4.11. The lowest BCUT2D eigenvalue weighted by atomic mass is 10.0. The van der Waals surface area contributed by atoms with Crippen molar-refractivity contribution in [3.05, 3.63) is 64.6 Å². The predicted octanol–water partition coefficient (Wildman–Crippen LogP) is 5.82. The molecule has 3 aromatic heterocycles. The molecule has 1 aromatic carbocycles. The summed E-state index contributed by atoms with van der Waals surface area (Å²) in [4.78, 5) is 12.9. The van der Waals surface area contributed by atoms with Crippen molar-refractivity contribution in [3.63, 3.8) is 0 Å². The third-order valence-electron chi connectivity index (χ3n) is 3.99. The highest BCUT2D eigenvalue weighted by Gasteiger charge is 2.13. The van der Waals surface area contributed by atoms with Crippen molar-refractivity contribution in [1.82, 2.24) is 15.0 Å². The molecule has 0 unspecified atom stereocenters. The van der Waals surface area contributed by atoms with E-state index in [9.17, 15) is 0 Å². The van der Waals surface area contributed by atoms with Crippen molar-refractivity contribution in [3.8, 4) is 22.8 Å². The zero-order valence-electron chi connectivity index (χ0n) is 13.7. The van der Waals surface area contributed by atoms with Crippen LogP contribution in [0.4, 0.5) is 0 Å². The maximum Gasteiger partial charge on any atom is 0.237 e. The Morgan fingerprint density at radius 1 is 1.00 bits per heavy atom. The minimum atomic E-state index is 0.590. The minimum Gasteiger partial charge on any atom is -0.438 e. The van der Waals surface area contributed by atoms with Crippen LogP contribution < -0.4 is 4.74 Å². The van der Waals surface area contributed by atoms with E-state index in [0.717, 1.165) is 32.6 Å². The number of aryl methyl sites for hydroxylation is 2. The zero-order valence-corrected chi connectivity index (χ0v) is 15.2. The number of benzene rings is 1. The molecule has 0 N–H and O–H groups in total. The van der Waals surface area contributed by atoms with Crippen molar-refractivity contribution in [1.29, 1.82) is 0 Å². The van der Waals surface area contributed by atoms with E-state index in [1.807, 2.05) is 43.5 Å². The van der Waals surface area contributed by atoms with Gasteiger partial charge < -0.3 is 4.74 Å². The highest BCUT2D eigenvalue weighted by Crippen LogP contribution is 2.36. The quantitative estimate of drug-likeness (QED) is 0.458. The summed E-state index contributed by atoms with van der Waals surface area (Å²) in [6.07, 6.45) is 3.31. The lowest BCUT2D eigenvalue weighted by molar-refractivity contribution is 0.470. The lowest BCUT2D eigenvalue weighted by Gasteiger charge is -2.12. The summed E-state index contributed by atoms with van der Waals surface area (Å²) in [5.74, 6) is 1.24. The molecule has 0 atom stereocenters. The molecule has 0 aliphatic rings. The van der Waals surface area contributed by atoms with Crippen molar-refractivity contribution in [2.24, 2.45) is 0 Å². The first-order chi connectivity index (χ1) is 12.1. The van der Waals surface area contributed by atoms with Gasteiger partial charge in [0.05, 0.1) is 9.72 Å². The molecule has 124 valence electrons. The van der Waals surface area contributed by atoms with Crippen LogP contribution in [0.5, 0.6) is 11.6 Å². The fraction of sp³-hybridized carbons (Fsp3) is 0.105. The summed E-state index contributed by atoms with van der Waals surface area (Å²) in [6, 6.07) is 9.64. The number of hydrogen-bond donors (Lipinski definition) is 0. The van der Waals surface area contributed by atoms with Gasteiger partial charge in [-0.3, -0.25) is 0 Å². The van der Waals surface area contributed by atoms with Crippen LogP contribution in [0.25, 0.3) is 21.2 Å². The van der Waals surface area contributed by atoms with Crippen LogP contribution in [-0.4, -0.2) is 15.0 Å². The van der Waals surface area contributed by atoms with Gasteiger partial charge in [-0.25, -0.2) is 15.0 Å². The predicted molar refractivity (Wildman–Crippen MR) is 102 cm³/mol. The monoisotopic (exact) mass is 367 g/mol. The molecule has 0 amide bonds. The average molecular weight is 368 g/mol. The largest absolute Gasteiger partial charge is 0.438 e. The van der Waals surface area contributed by atoms with Gasteiger partial charge in [-0.1, -0.05) is 11.6 Å². The Bertz CT molecular complexity index is 1060. The highest BCUT2D eigenvalue weighted by molar-refractivity contribution is 7.17. The molecule has 4 aromatic rings. The van der Waals surface area contributed by atoms with Gasteiger partial charge in [0, 0.05) is 34.8 Å². The molecule has 4 nitrogen and oxygen atoms in total. The molecule has 0 aliphatic heterocycles. The van der Waals surface area contributed by atoms with E-state index in [1.165, 1.54) is 0 Å². The number of pyridine rings is 1. The second-order valence-corrected chi connectivity index (χ2v) is 6.94. The van der Waals surface area contributed by atoms with E-state index in [1.54, 1.807) is 29.9 Å². The van der Waals surface area contributed by atoms with Gasteiger partial charge in [0.1, 0.15) is 12.1 Å². The molecule has 0 radical (unpaired) electrons. The summed E-state index contributed by atoms with van der Waals surface area (Å²) < 4.78 is 6.99. The van der Waals surface area contributed by atoms with Crippen LogP contribution in [0, 0.1) is 13.8 Å². The van der Waals surface area contributed by atoms with Crippen LogP contribution in [-0.2, 0) is 0 Å². The molecule has 25 heavy (non-hydrogen) atoms. The first-order valence-electron chi connectivity index (χ1n) is 7.71. The smallest absolute Gasteiger partial charge is 0.237 e. The Balaban J connectivity index is 1.72. The molecule has 3 heterocycles. The van der Waals surface area contributed by atoms with Gasteiger partial charge in [0.25, 0.3) is 0 Å². The highest BCUT2D eigenvalue weighted by atomic mass is 35.5. The molecular formula is C19H14ClN3OS. The lowest BCUT2D eigenvalue weighted by Crippen LogP contribution is -1.95. The van der Waals surface area contributed by atoms with Gasteiger partial charge in [-0.15, -0.1) is 11.3 Å². The van der Waals surface area contributed by atoms with Crippen LogP contribution in [0.3, 0.4) is 0 Å². The Labute approximate surface area is 154 Å². The van der Waals surface area contributed by atoms with Gasteiger partial charge in [-0.05, 0) is 48.9 Å². The number of ether oxygens (including phenoxy) is 1. The number of hydrogen-bond acceptors (Lipinski definition) is 5. The number of fused-ring (bicyclic) bond motifs is 1. The number of rotatable bonds is 3. The molecule has 0 aliphatic carbocycles. The van der Waals surface area contributed by atoms with Crippen molar-refractivity contribution in [2.45, 2.75) is 13.8 Å². The number of nitrogens with zero attached hydrogens (tertiary/aromatic N) is 3. The second-order valence-electron chi connectivity index (χ2n) is 5.62. The maximum absolute atomic E-state index is 6.52. The van der Waals surface area contributed by atoms with E-state index in [2.05, 4.69) is 15.0 Å². The Morgan fingerprint density at radius 2 is 1.80 bits per heavy atom.